The van der Waals surface area contributed by atoms with Crippen molar-refractivity contribution in [1.82, 2.24) is 4.90 Å². The Morgan fingerprint density at radius 2 is 2.16 bits per heavy atom. The first kappa shape index (κ1) is 19.8. The van der Waals surface area contributed by atoms with Crippen LogP contribution in [-0.4, -0.2) is 48.6 Å². The molecule has 0 aromatic heterocycles. The number of carbonyl (C=O) groups excluding carboxylic acids is 1. The van der Waals surface area contributed by atoms with Gasteiger partial charge in [0.1, 0.15) is 0 Å². The number of thioether (sulfide) groups is 1. The lowest BCUT2D eigenvalue weighted by atomic mass is 10.1. The second-order valence-electron chi connectivity index (χ2n) is 6.38. The Morgan fingerprint density at radius 3 is 2.76 bits per heavy atom. The quantitative estimate of drug-likeness (QED) is 0.726. The second kappa shape index (κ2) is 8.72. The van der Waals surface area contributed by atoms with Gasteiger partial charge >= 0.3 is 0 Å². The molecule has 136 valence electrons. The van der Waals surface area contributed by atoms with Crippen LogP contribution in [0.15, 0.2) is 24.3 Å². The fourth-order valence-corrected chi connectivity index (χ4v) is 5.69. The Morgan fingerprint density at radius 1 is 1.44 bits per heavy atom. The number of nitriles is 1. The smallest absolute Gasteiger partial charge is 0.233 e. The zero-order chi connectivity index (χ0) is 18.4. The van der Waals surface area contributed by atoms with Gasteiger partial charge in [0, 0.05) is 17.8 Å². The van der Waals surface area contributed by atoms with Gasteiger partial charge in [-0.25, -0.2) is 8.42 Å². The summed E-state index contributed by atoms with van der Waals surface area (Å²) in [4.78, 5) is 14.5. The van der Waals surface area contributed by atoms with E-state index in [-0.39, 0.29) is 29.5 Å². The number of amides is 1. The lowest BCUT2D eigenvalue weighted by Crippen LogP contribution is -2.47. The normalized spacial score (nSPS) is 20.0. The summed E-state index contributed by atoms with van der Waals surface area (Å²) in [6.07, 6.45) is 1.32. The van der Waals surface area contributed by atoms with E-state index in [1.807, 2.05) is 32.0 Å². The maximum absolute atomic E-state index is 12.7. The first-order valence-corrected chi connectivity index (χ1v) is 11.4. The van der Waals surface area contributed by atoms with Crippen molar-refractivity contribution in [1.29, 1.82) is 5.26 Å². The summed E-state index contributed by atoms with van der Waals surface area (Å²) in [6.45, 7) is 3.98. The van der Waals surface area contributed by atoms with Crippen molar-refractivity contribution in [3.8, 4) is 6.07 Å². The van der Waals surface area contributed by atoms with Crippen LogP contribution in [0.25, 0.3) is 0 Å². The molecule has 1 aromatic rings. The zero-order valence-corrected chi connectivity index (χ0v) is 16.3. The van der Waals surface area contributed by atoms with Crippen molar-refractivity contribution in [3.05, 3.63) is 35.4 Å². The number of benzene rings is 1. The van der Waals surface area contributed by atoms with E-state index >= 15 is 0 Å². The molecule has 25 heavy (non-hydrogen) atoms. The molecule has 1 heterocycles. The molecule has 0 saturated carbocycles. The van der Waals surface area contributed by atoms with E-state index in [4.69, 9.17) is 5.26 Å². The van der Waals surface area contributed by atoms with Crippen LogP contribution in [0.3, 0.4) is 0 Å². The van der Waals surface area contributed by atoms with Gasteiger partial charge in [-0.1, -0.05) is 25.1 Å². The lowest BCUT2D eigenvalue weighted by Gasteiger charge is -2.33. The summed E-state index contributed by atoms with van der Waals surface area (Å²) in [7, 11) is -3.02. The van der Waals surface area contributed by atoms with Gasteiger partial charge < -0.3 is 4.90 Å². The second-order valence-corrected chi connectivity index (χ2v) is 9.59. The highest BCUT2D eigenvalue weighted by molar-refractivity contribution is 7.99. The molecule has 7 heteroatoms. The summed E-state index contributed by atoms with van der Waals surface area (Å²) < 4.78 is 23.5. The molecule has 1 saturated heterocycles. The van der Waals surface area contributed by atoms with Crippen LogP contribution in [0.2, 0.25) is 0 Å². The molecular weight excluding hydrogens is 356 g/mol. The first-order chi connectivity index (χ1) is 11.9. The first-order valence-electron chi connectivity index (χ1n) is 8.45. The molecule has 1 aliphatic rings. The number of rotatable bonds is 7. The summed E-state index contributed by atoms with van der Waals surface area (Å²) >= 11 is 1.47. The number of sulfone groups is 1. The summed E-state index contributed by atoms with van der Waals surface area (Å²) in [5, 5.41) is 9.12. The topological polar surface area (TPSA) is 78.2 Å². The third-order valence-corrected chi connectivity index (χ3v) is 7.29. The molecule has 1 fully saturated rings. The largest absolute Gasteiger partial charge is 0.335 e. The minimum absolute atomic E-state index is 0.0177. The van der Waals surface area contributed by atoms with Gasteiger partial charge in [0.2, 0.25) is 5.91 Å². The van der Waals surface area contributed by atoms with Crippen LogP contribution < -0.4 is 0 Å². The molecule has 0 bridgehead atoms. The van der Waals surface area contributed by atoms with Crippen LogP contribution in [0, 0.1) is 11.3 Å². The number of nitrogens with zero attached hydrogens (tertiary/aromatic N) is 2. The average Bonchev–Trinajstić information content (AvgIpc) is 2.94. The molecule has 2 rings (SSSR count). The maximum atomic E-state index is 12.7. The molecule has 0 unspecified atom stereocenters. The lowest BCUT2D eigenvalue weighted by molar-refractivity contribution is -0.132. The molecule has 2 atom stereocenters. The van der Waals surface area contributed by atoms with Crippen molar-refractivity contribution in [2.75, 3.05) is 17.3 Å². The third-order valence-electron chi connectivity index (χ3n) is 4.58. The minimum Gasteiger partial charge on any atom is -0.335 e. The van der Waals surface area contributed by atoms with Gasteiger partial charge in [-0.05, 0) is 31.4 Å². The van der Waals surface area contributed by atoms with Gasteiger partial charge in [0.25, 0.3) is 0 Å². The van der Waals surface area contributed by atoms with E-state index in [2.05, 4.69) is 6.07 Å². The van der Waals surface area contributed by atoms with E-state index in [0.29, 0.717) is 23.5 Å². The van der Waals surface area contributed by atoms with E-state index in [0.717, 1.165) is 12.0 Å². The van der Waals surface area contributed by atoms with Crippen molar-refractivity contribution >= 4 is 27.5 Å². The monoisotopic (exact) mass is 380 g/mol. The highest BCUT2D eigenvalue weighted by Gasteiger charge is 2.36. The Hall–Kier alpha value is -1.52. The van der Waals surface area contributed by atoms with Gasteiger partial charge in [0.15, 0.2) is 9.84 Å². The van der Waals surface area contributed by atoms with Crippen LogP contribution >= 0.6 is 11.8 Å². The number of carbonyl (C=O) groups is 1. The van der Waals surface area contributed by atoms with E-state index < -0.39 is 9.84 Å². The predicted molar refractivity (Wildman–Crippen MR) is 101 cm³/mol. The molecule has 0 spiro atoms. The van der Waals surface area contributed by atoms with E-state index in [1.54, 1.807) is 11.0 Å². The van der Waals surface area contributed by atoms with Crippen molar-refractivity contribution < 1.29 is 13.2 Å². The highest BCUT2D eigenvalue weighted by atomic mass is 32.2. The van der Waals surface area contributed by atoms with Crippen LogP contribution in [0.5, 0.6) is 0 Å². The van der Waals surface area contributed by atoms with E-state index in [1.165, 1.54) is 11.8 Å². The molecule has 1 amide bonds. The molecule has 0 N–H and O–H groups in total. The van der Waals surface area contributed by atoms with Crippen molar-refractivity contribution in [2.24, 2.45) is 0 Å². The van der Waals surface area contributed by atoms with Crippen LogP contribution in [-0.2, 0) is 20.4 Å². The Balaban J connectivity index is 1.99. The van der Waals surface area contributed by atoms with Crippen LogP contribution in [0.4, 0.5) is 0 Å². The van der Waals surface area contributed by atoms with Crippen molar-refractivity contribution in [2.45, 2.75) is 44.5 Å². The SMILES string of the molecule is CC[C@H](C)N(C(=O)CSCc1ccccc1C#N)[C@H]1CCS(=O)(=O)C1. The molecule has 0 aliphatic carbocycles. The fraction of sp³-hybridized carbons (Fsp3) is 0.556. The molecule has 1 aliphatic heterocycles. The maximum Gasteiger partial charge on any atom is 0.233 e. The number of hydrogen-bond donors (Lipinski definition) is 0. The van der Waals surface area contributed by atoms with Gasteiger partial charge in [0.05, 0.1) is 28.9 Å². The Kier molecular flexibility index (Phi) is 6.91. The summed E-state index contributed by atoms with van der Waals surface area (Å²) in [5.41, 5.74) is 1.55. The third kappa shape index (κ3) is 5.23. The Bertz CT molecular complexity index is 756. The van der Waals surface area contributed by atoms with E-state index in [9.17, 15) is 13.2 Å². The fourth-order valence-electron chi connectivity index (χ4n) is 3.08. The highest BCUT2D eigenvalue weighted by Crippen LogP contribution is 2.23. The zero-order valence-electron chi connectivity index (χ0n) is 14.6. The van der Waals surface area contributed by atoms with Crippen molar-refractivity contribution in [3.63, 3.8) is 0 Å². The minimum atomic E-state index is -3.02. The molecule has 5 nitrogen and oxygen atoms in total. The molecular formula is C18H24N2O3S2. The molecule has 1 aromatic carbocycles. The van der Waals surface area contributed by atoms with Gasteiger partial charge in [-0.15, -0.1) is 11.8 Å². The summed E-state index contributed by atoms with van der Waals surface area (Å²) in [6, 6.07) is 9.35. The Labute approximate surface area is 154 Å². The van der Waals surface area contributed by atoms with Gasteiger partial charge in [-0.3, -0.25) is 4.79 Å². The standard InChI is InChI=1S/C18H24N2O3S2/c1-3-14(2)20(17-8-9-25(22,23)13-17)18(21)12-24-11-16-7-5-4-6-15(16)10-19/h4-7,14,17H,3,8-9,11-13H2,1-2H3/t14-,17-/m0/s1. The van der Waals surface area contributed by atoms with Crippen LogP contribution in [0.1, 0.15) is 37.8 Å². The van der Waals surface area contributed by atoms with Gasteiger partial charge in [-0.2, -0.15) is 5.26 Å². The molecule has 0 radical (unpaired) electrons. The summed E-state index contributed by atoms with van der Waals surface area (Å²) in [5.74, 6) is 1.11. The predicted octanol–water partition coefficient (Wildman–Crippen LogP) is 2.61. The number of hydrogen-bond acceptors (Lipinski definition) is 5. The average molecular weight is 381 g/mol.